The second-order valence-electron chi connectivity index (χ2n) is 3.91. The van der Waals surface area contributed by atoms with Gasteiger partial charge < -0.3 is 28.4 Å². The SMILES string of the molecule is CCOCOc1cc(OCOCC)cc(OCOCC)c1. The Morgan fingerprint density at radius 1 is 0.571 bits per heavy atom. The molecule has 0 aromatic heterocycles. The molecule has 6 heteroatoms. The summed E-state index contributed by atoms with van der Waals surface area (Å²) in [6, 6.07) is 5.27. The van der Waals surface area contributed by atoms with Gasteiger partial charge in [0.05, 0.1) is 0 Å². The molecule has 21 heavy (non-hydrogen) atoms. The van der Waals surface area contributed by atoms with Crippen LogP contribution in [-0.4, -0.2) is 40.2 Å². The van der Waals surface area contributed by atoms with Crippen molar-refractivity contribution in [1.29, 1.82) is 0 Å². The summed E-state index contributed by atoms with van der Waals surface area (Å²) in [4.78, 5) is 0. The third-order valence-electron chi connectivity index (χ3n) is 2.39. The smallest absolute Gasteiger partial charge is 0.189 e. The minimum absolute atomic E-state index is 0.177. The van der Waals surface area contributed by atoms with Gasteiger partial charge in [0.2, 0.25) is 0 Å². The van der Waals surface area contributed by atoms with E-state index in [0.717, 1.165) is 0 Å². The Hall–Kier alpha value is -1.50. The molecule has 0 aliphatic rings. The third kappa shape index (κ3) is 7.75. The molecule has 0 heterocycles. The zero-order chi connectivity index (χ0) is 15.3. The maximum Gasteiger partial charge on any atom is 0.189 e. The van der Waals surface area contributed by atoms with E-state index in [4.69, 9.17) is 28.4 Å². The lowest BCUT2D eigenvalue weighted by atomic mass is 10.3. The Kier molecular flexibility index (Phi) is 9.35. The normalized spacial score (nSPS) is 10.4. The first-order valence-corrected chi connectivity index (χ1v) is 7.06. The van der Waals surface area contributed by atoms with Gasteiger partial charge in [-0.15, -0.1) is 0 Å². The van der Waals surface area contributed by atoms with Crippen molar-refractivity contribution in [2.75, 3.05) is 40.2 Å². The molecule has 0 amide bonds. The zero-order valence-electron chi connectivity index (χ0n) is 12.9. The lowest BCUT2D eigenvalue weighted by molar-refractivity contribution is 0.0140. The summed E-state index contributed by atoms with van der Waals surface area (Å²) >= 11 is 0. The molecule has 0 N–H and O–H groups in total. The Balaban J connectivity index is 2.65. The summed E-state index contributed by atoms with van der Waals surface area (Å²) in [5.41, 5.74) is 0. The van der Waals surface area contributed by atoms with E-state index >= 15 is 0 Å². The molecule has 120 valence electrons. The molecule has 0 saturated carbocycles. The topological polar surface area (TPSA) is 55.4 Å². The van der Waals surface area contributed by atoms with Crippen molar-refractivity contribution >= 4 is 0 Å². The lowest BCUT2D eigenvalue weighted by Gasteiger charge is -2.13. The standard InChI is InChI=1S/C15H24O6/c1-4-16-10-19-13-7-14(20-11-17-5-2)9-15(8-13)21-12-18-6-3/h7-9H,4-6,10-12H2,1-3H3. The second kappa shape index (κ2) is 11.2. The van der Waals surface area contributed by atoms with E-state index in [9.17, 15) is 0 Å². The van der Waals surface area contributed by atoms with Crippen LogP contribution in [0.3, 0.4) is 0 Å². The van der Waals surface area contributed by atoms with E-state index in [2.05, 4.69) is 0 Å². The number of benzene rings is 1. The largest absolute Gasteiger partial charge is 0.467 e. The average Bonchev–Trinajstić information content (AvgIpc) is 2.48. The van der Waals surface area contributed by atoms with Gasteiger partial charge in [-0.1, -0.05) is 0 Å². The first kappa shape index (κ1) is 17.6. The minimum atomic E-state index is 0.177. The van der Waals surface area contributed by atoms with Crippen LogP contribution in [0.25, 0.3) is 0 Å². The van der Waals surface area contributed by atoms with Gasteiger partial charge in [0, 0.05) is 38.0 Å². The summed E-state index contributed by atoms with van der Waals surface area (Å²) in [6.45, 7) is 8.02. The summed E-state index contributed by atoms with van der Waals surface area (Å²) in [5, 5.41) is 0. The zero-order valence-corrected chi connectivity index (χ0v) is 12.9. The Bertz CT molecular complexity index is 313. The molecule has 0 aliphatic carbocycles. The van der Waals surface area contributed by atoms with Crippen LogP contribution in [0.15, 0.2) is 18.2 Å². The van der Waals surface area contributed by atoms with E-state index in [0.29, 0.717) is 37.1 Å². The van der Waals surface area contributed by atoms with Gasteiger partial charge in [0.15, 0.2) is 20.4 Å². The average molecular weight is 300 g/mol. The van der Waals surface area contributed by atoms with Crippen LogP contribution in [0, 0.1) is 0 Å². The molecule has 0 unspecified atom stereocenters. The Morgan fingerprint density at radius 2 is 0.857 bits per heavy atom. The summed E-state index contributed by atoms with van der Waals surface area (Å²) in [6.07, 6.45) is 0. The number of hydrogen-bond donors (Lipinski definition) is 0. The predicted molar refractivity (Wildman–Crippen MR) is 77.8 cm³/mol. The molecule has 1 aromatic carbocycles. The molecule has 0 spiro atoms. The van der Waals surface area contributed by atoms with E-state index in [1.165, 1.54) is 0 Å². The van der Waals surface area contributed by atoms with Crippen LogP contribution in [0.1, 0.15) is 20.8 Å². The van der Waals surface area contributed by atoms with Crippen molar-refractivity contribution in [3.05, 3.63) is 18.2 Å². The Labute approximate surface area is 125 Å². The van der Waals surface area contributed by atoms with Gasteiger partial charge >= 0.3 is 0 Å². The van der Waals surface area contributed by atoms with E-state index < -0.39 is 0 Å². The van der Waals surface area contributed by atoms with Crippen LogP contribution >= 0.6 is 0 Å². The monoisotopic (exact) mass is 300 g/mol. The number of ether oxygens (including phenoxy) is 6. The molecule has 6 nitrogen and oxygen atoms in total. The first-order chi connectivity index (χ1) is 10.3. The summed E-state index contributed by atoms with van der Waals surface area (Å²) in [7, 11) is 0. The molecule has 0 bridgehead atoms. The molecule has 0 atom stereocenters. The predicted octanol–water partition coefficient (Wildman–Crippen LogP) is 2.81. The van der Waals surface area contributed by atoms with E-state index in [1.54, 1.807) is 18.2 Å². The molecule has 0 fully saturated rings. The Morgan fingerprint density at radius 3 is 1.10 bits per heavy atom. The van der Waals surface area contributed by atoms with Crippen molar-refractivity contribution in [2.45, 2.75) is 20.8 Å². The summed E-state index contributed by atoms with van der Waals surface area (Å²) < 4.78 is 31.9. The fourth-order valence-corrected chi connectivity index (χ4v) is 1.37. The van der Waals surface area contributed by atoms with Crippen molar-refractivity contribution < 1.29 is 28.4 Å². The van der Waals surface area contributed by atoms with Gasteiger partial charge in [-0.05, 0) is 20.8 Å². The fraction of sp³-hybridized carbons (Fsp3) is 0.600. The number of rotatable bonds is 12. The molecule has 0 aliphatic heterocycles. The highest BCUT2D eigenvalue weighted by molar-refractivity contribution is 5.42. The number of hydrogen-bond acceptors (Lipinski definition) is 6. The van der Waals surface area contributed by atoms with Crippen molar-refractivity contribution in [3.63, 3.8) is 0 Å². The third-order valence-corrected chi connectivity index (χ3v) is 2.39. The fourth-order valence-electron chi connectivity index (χ4n) is 1.37. The highest BCUT2D eigenvalue weighted by Gasteiger charge is 2.05. The molecule has 1 aromatic rings. The highest BCUT2D eigenvalue weighted by atomic mass is 16.7. The van der Waals surface area contributed by atoms with Crippen molar-refractivity contribution in [2.24, 2.45) is 0 Å². The molecule has 0 radical (unpaired) electrons. The van der Waals surface area contributed by atoms with Gasteiger partial charge in [0.1, 0.15) is 17.2 Å². The maximum atomic E-state index is 5.48. The van der Waals surface area contributed by atoms with Crippen LogP contribution in [0.5, 0.6) is 17.2 Å². The van der Waals surface area contributed by atoms with Gasteiger partial charge in [0.25, 0.3) is 0 Å². The van der Waals surface area contributed by atoms with Crippen LogP contribution in [0.2, 0.25) is 0 Å². The van der Waals surface area contributed by atoms with Crippen molar-refractivity contribution in [3.8, 4) is 17.2 Å². The minimum Gasteiger partial charge on any atom is -0.467 e. The van der Waals surface area contributed by atoms with Gasteiger partial charge in [-0.2, -0.15) is 0 Å². The van der Waals surface area contributed by atoms with Gasteiger partial charge in [-0.3, -0.25) is 0 Å². The highest BCUT2D eigenvalue weighted by Crippen LogP contribution is 2.28. The lowest BCUT2D eigenvalue weighted by Crippen LogP contribution is -2.06. The summed E-state index contributed by atoms with van der Waals surface area (Å²) in [5.74, 6) is 1.80. The molecule has 1 rings (SSSR count). The quantitative estimate of drug-likeness (QED) is 0.437. The van der Waals surface area contributed by atoms with E-state index in [1.807, 2.05) is 20.8 Å². The first-order valence-electron chi connectivity index (χ1n) is 7.06. The van der Waals surface area contributed by atoms with Crippen LogP contribution in [0.4, 0.5) is 0 Å². The van der Waals surface area contributed by atoms with Crippen LogP contribution in [-0.2, 0) is 14.2 Å². The molecular weight excluding hydrogens is 276 g/mol. The maximum absolute atomic E-state index is 5.48. The van der Waals surface area contributed by atoms with E-state index in [-0.39, 0.29) is 20.4 Å². The molecular formula is C15H24O6. The van der Waals surface area contributed by atoms with Crippen molar-refractivity contribution in [1.82, 2.24) is 0 Å². The van der Waals surface area contributed by atoms with Crippen LogP contribution < -0.4 is 14.2 Å². The second-order valence-corrected chi connectivity index (χ2v) is 3.91. The molecule has 0 saturated heterocycles. The van der Waals surface area contributed by atoms with Gasteiger partial charge in [-0.25, -0.2) is 0 Å².